The van der Waals surface area contributed by atoms with Crippen LogP contribution in [0, 0.1) is 0 Å². The van der Waals surface area contributed by atoms with Gasteiger partial charge in [0.05, 0.1) is 0 Å². The summed E-state index contributed by atoms with van der Waals surface area (Å²) < 4.78 is 0. The Balaban J connectivity index is 1.70. The van der Waals surface area contributed by atoms with Crippen LogP contribution in [0.5, 0.6) is 0 Å². The molecule has 3 rings (SSSR count). The molecular formula is C16H22N4O2. The minimum absolute atomic E-state index is 0.0477. The van der Waals surface area contributed by atoms with Crippen molar-refractivity contribution in [2.45, 2.75) is 18.9 Å². The van der Waals surface area contributed by atoms with E-state index < -0.39 is 6.04 Å². The number of benzene rings is 1. The van der Waals surface area contributed by atoms with Crippen LogP contribution in [0.2, 0.25) is 0 Å². The average molecular weight is 302 g/mol. The lowest BCUT2D eigenvalue weighted by Gasteiger charge is -2.30. The van der Waals surface area contributed by atoms with Gasteiger partial charge in [-0.05, 0) is 24.5 Å². The van der Waals surface area contributed by atoms with Crippen molar-refractivity contribution in [1.82, 2.24) is 15.5 Å². The number of carbonyl (C=O) groups is 2. The molecule has 0 unspecified atom stereocenters. The van der Waals surface area contributed by atoms with Gasteiger partial charge in [-0.25, -0.2) is 4.79 Å². The predicted octanol–water partition coefficient (Wildman–Crippen LogP) is 0.579. The summed E-state index contributed by atoms with van der Waals surface area (Å²) >= 11 is 0. The quantitative estimate of drug-likeness (QED) is 0.797. The third-order valence-electron chi connectivity index (χ3n) is 4.39. The average Bonchev–Trinajstić information content (AvgIpc) is 2.68. The fourth-order valence-electron chi connectivity index (χ4n) is 3.07. The third kappa shape index (κ3) is 2.92. The first-order chi connectivity index (χ1) is 10.7. The molecule has 2 N–H and O–H groups in total. The van der Waals surface area contributed by atoms with E-state index in [9.17, 15) is 9.59 Å². The number of para-hydroxylation sites is 1. The van der Waals surface area contributed by atoms with Crippen LogP contribution in [0.3, 0.4) is 0 Å². The Kier molecular flexibility index (Phi) is 4.29. The van der Waals surface area contributed by atoms with E-state index >= 15 is 0 Å². The summed E-state index contributed by atoms with van der Waals surface area (Å²) in [5, 5.41) is 6.13. The molecule has 0 radical (unpaired) electrons. The molecule has 22 heavy (non-hydrogen) atoms. The smallest absolute Gasteiger partial charge is 0.318 e. The Hall–Kier alpha value is -2.08. The molecule has 1 saturated heterocycles. The Labute approximate surface area is 130 Å². The molecule has 0 saturated carbocycles. The summed E-state index contributed by atoms with van der Waals surface area (Å²) in [6.07, 6.45) is 1.43. The lowest BCUT2D eigenvalue weighted by atomic mass is 10.1. The van der Waals surface area contributed by atoms with Gasteiger partial charge < -0.3 is 20.4 Å². The van der Waals surface area contributed by atoms with Gasteiger partial charge in [0.1, 0.15) is 6.04 Å². The number of aryl methyl sites for hydroxylation is 1. The normalized spacial score (nSPS) is 22.0. The molecule has 0 aromatic heterocycles. The second kappa shape index (κ2) is 6.36. The first-order valence-electron chi connectivity index (χ1n) is 7.78. The van der Waals surface area contributed by atoms with E-state index in [-0.39, 0.29) is 11.9 Å². The Bertz CT molecular complexity index is 569. The zero-order valence-electron chi connectivity index (χ0n) is 12.8. The second-order valence-electron chi connectivity index (χ2n) is 5.80. The molecule has 1 aromatic carbocycles. The number of piperazine rings is 1. The zero-order valence-corrected chi connectivity index (χ0v) is 12.8. The van der Waals surface area contributed by atoms with Crippen LogP contribution in [0.15, 0.2) is 24.3 Å². The minimum atomic E-state index is -0.459. The third-order valence-corrected chi connectivity index (χ3v) is 4.39. The van der Waals surface area contributed by atoms with E-state index in [0.29, 0.717) is 19.5 Å². The monoisotopic (exact) mass is 302 g/mol. The van der Waals surface area contributed by atoms with E-state index in [0.717, 1.165) is 30.8 Å². The van der Waals surface area contributed by atoms with Gasteiger partial charge in [-0.3, -0.25) is 4.79 Å². The van der Waals surface area contributed by atoms with Crippen LogP contribution in [0.1, 0.15) is 12.0 Å². The summed E-state index contributed by atoms with van der Waals surface area (Å²) in [4.78, 5) is 28.4. The van der Waals surface area contributed by atoms with E-state index in [1.54, 1.807) is 16.8 Å². The molecule has 2 heterocycles. The Morgan fingerprint density at radius 2 is 2.00 bits per heavy atom. The van der Waals surface area contributed by atoms with Crippen molar-refractivity contribution in [3.05, 3.63) is 29.8 Å². The van der Waals surface area contributed by atoms with E-state index in [4.69, 9.17) is 0 Å². The highest BCUT2D eigenvalue weighted by Gasteiger charge is 2.30. The lowest BCUT2D eigenvalue weighted by molar-refractivity contribution is -0.120. The number of fused-ring (bicyclic) bond motifs is 1. The molecule has 6 nitrogen and oxygen atoms in total. The number of likely N-dealkylation sites (N-methyl/N-ethyl adjacent to an activating group) is 1. The molecule has 0 bridgehead atoms. The molecule has 0 spiro atoms. The SMILES string of the molecule is CN1C(=O)[C@@H](NC(=O)N2CCNCC2)CCc2ccccc21. The molecule has 2 aliphatic heterocycles. The van der Waals surface area contributed by atoms with Crippen LogP contribution >= 0.6 is 0 Å². The van der Waals surface area contributed by atoms with Gasteiger partial charge in [-0.15, -0.1) is 0 Å². The van der Waals surface area contributed by atoms with Gasteiger partial charge in [-0.1, -0.05) is 18.2 Å². The maximum absolute atomic E-state index is 12.6. The minimum Gasteiger partial charge on any atom is -0.326 e. The highest BCUT2D eigenvalue weighted by atomic mass is 16.2. The predicted molar refractivity (Wildman–Crippen MR) is 84.9 cm³/mol. The zero-order chi connectivity index (χ0) is 15.5. The molecule has 1 aromatic rings. The van der Waals surface area contributed by atoms with Crippen molar-refractivity contribution < 1.29 is 9.59 Å². The Morgan fingerprint density at radius 1 is 1.27 bits per heavy atom. The number of nitrogens with zero attached hydrogens (tertiary/aromatic N) is 2. The van der Waals surface area contributed by atoms with Crippen LogP contribution in [-0.2, 0) is 11.2 Å². The number of rotatable bonds is 1. The van der Waals surface area contributed by atoms with Crippen LogP contribution in [0.25, 0.3) is 0 Å². The number of hydrogen-bond acceptors (Lipinski definition) is 3. The molecule has 1 fully saturated rings. The van der Waals surface area contributed by atoms with Gasteiger partial charge >= 0.3 is 6.03 Å². The topological polar surface area (TPSA) is 64.7 Å². The lowest BCUT2D eigenvalue weighted by Crippen LogP contribution is -2.55. The van der Waals surface area contributed by atoms with Crippen molar-refractivity contribution in [3.8, 4) is 0 Å². The maximum Gasteiger partial charge on any atom is 0.318 e. The Morgan fingerprint density at radius 3 is 2.77 bits per heavy atom. The van der Waals surface area contributed by atoms with Gasteiger partial charge in [-0.2, -0.15) is 0 Å². The van der Waals surface area contributed by atoms with Crippen molar-refractivity contribution in [2.24, 2.45) is 0 Å². The first-order valence-corrected chi connectivity index (χ1v) is 7.78. The molecule has 1 atom stereocenters. The van der Waals surface area contributed by atoms with Gasteiger partial charge in [0.2, 0.25) is 5.91 Å². The van der Waals surface area contributed by atoms with E-state index in [2.05, 4.69) is 10.6 Å². The van der Waals surface area contributed by atoms with Gasteiger partial charge in [0, 0.05) is 38.9 Å². The molecule has 6 heteroatoms. The summed E-state index contributed by atoms with van der Waals surface area (Å²) in [6, 6.07) is 7.31. The highest BCUT2D eigenvalue weighted by molar-refractivity contribution is 5.99. The summed E-state index contributed by atoms with van der Waals surface area (Å²) in [5.41, 5.74) is 2.09. The van der Waals surface area contributed by atoms with Gasteiger partial charge in [0.25, 0.3) is 0 Å². The fourth-order valence-corrected chi connectivity index (χ4v) is 3.07. The van der Waals surface area contributed by atoms with Crippen LogP contribution in [0.4, 0.5) is 10.5 Å². The first kappa shape index (κ1) is 14.8. The second-order valence-corrected chi connectivity index (χ2v) is 5.80. The van der Waals surface area contributed by atoms with Crippen molar-refractivity contribution in [2.75, 3.05) is 38.1 Å². The number of amides is 3. The standard InChI is InChI=1S/C16H22N4O2/c1-19-14-5-3-2-4-12(14)6-7-13(15(19)21)18-16(22)20-10-8-17-9-11-20/h2-5,13,17H,6-11H2,1H3,(H,18,22)/t13-/m0/s1. The molecule has 0 aliphatic carbocycles. The highest BCUT2D eigenvalue weighted by Crippen LogP contribution is 2.25. The summed E-state index contributed by atoms with van der Waals surface area (Å²) in [5.74, 6) is -0.0477. The molecule has 118 valence electrons. The van der Waals surface area contributed by atoms with Crippen molar-refractivity contribution in [3.63, 3.8) is 0 Å². The number of anilines is 1. The number of urea groups is 1. The van der Waals surface area contributed by atoms with E-state index in [1.165, 1.54) is 0 Å². The van der Waals surface area contributed by atoms with Crippen LogP contribution in [-0.4, -0.2) is 56.1 Å². The molecule has 2 aliphatic rings. The number of nitrogens with one attached hydrogen (secondary N) is 2. The summed E-state index contributed by atoms with van der Waals surface area (Å²) in [7, 11) is 1.77. The maximum atomic E-state index is 12.6. The number of hydrogen-bond donors (Lipinski definition) is 2. The molecular weight excluding hydrogens is 280 g/mol. The number of carbonyl (C=O) groups excluding carboxylic acids is 2. The largest absolute Gasteiger partial charge is 0.326 e. The fraction of sp³-hybridized carbons (Fsp3) is 0.500. The van der Waals surface area contributed by atoms with E-state index in [1.807, 2.05) is 24.3 Å². The summed E-state index contributed by atoms with van der Waals surface area (Å²) in [6.45, 7) is 2.97. The van der Waals surface area contributed by atoms with Crippen molar-refractivity contribution in [1.29, 1.82) is 0 Å². The molecule has 3 amide bonds. The van der Waals surface area contributed by atoms with Crippen LogP contribution < -0.4 is 15.5 Å². The van der Waals surface area contributed by atoms with Gasteiger partial charge in [0.15, 0.2) is 0 Å². The van der Waals surface area contributed by atoms with Crippen molar-refractivity contribution >= 4 is 17.6 Å².